The average Bonchev–Trinajstić information content (AvgIpc) is 2.62. The predicted octanol–water partition coefficient (Wildman–Crippen LogP) is 3.08. The van der Waals surface area contributed by atoms with Gasteiger partial charge in [-0.3, -0.25) is 9.69 Å². The zero-order chi connectivity index (χ0) is 17.6. The molecular weight excluding hydrogens is 334 g/mol. The van der Waals surface area contributed by atoms with Crippen LogP contribution in [0.15, 0.2) is 35.4 Å². The van der Waals surface area contributed by atoms with Crippen LogP contribution in [0.2, 0.25) is 0 Å². The molecule has 2 aromatic rings. The van der Waals surface area contributed by atoms with E-state index in [2.05, 4.69) is 9.88 Å². The van der Waals surface area contributed by atoms with E-state index in [0.717, 1.165) is 54.9 Å². The molecule has 0 atom stereocenters. The summed E-state index contributed by atoms with van der Waals surface area (Å²) in [4.78, 5) is 23.7. The summed E-state index contributed by atoms with van der Waals surface area (Å²) in [5.41, 5.74) is 2.36. The fourth-order valence-electron chi connectivity index (χ4n) is 2.87. The lowest BCUT2D eigenvalue weighted by Gasteiger charge is -2.26. The molecule has 0 spiro atoms. The first-order valence-electron chi connectivity index (χ1n) is 8.53. The molecule has 0 N–H and O–H groups in total. The molecule has 0 saturated carbocycles. The second-order valence-electron chi connectivity index (χ2n) is 6.04. The van der Waals surface area contributed by atoms with Crippen LogP contribution >= 0.6 is 11.8 Å². The van der Waals surface area contributed by atoms with Gasteiger partial charge in [-0.2, -0.15) is 0 Å². The summed E-state index contributed by atoms with van der Waals surface area (Å²) in [5.74, 6) is 1.59. The molecule has 0 radical (unpaired) electrons. The zero-order valence-corrected chi connectivity index (χ0v) is 15.5. The molecule has 1 aromatic carbocycles. The zero-order valence-electron chi connectivity index (χ0n) is 14.7. The van der Waals surface area contributed by atoms with Gasteiger partial charge in [-0.15, -0.1) is 11.8 Å². The monoisotopic (exact) mass is 357 g/mol. The van der Waals surface area contributed by atoms with Crippen LogP contribution in [0.25, 0.3) is 11.4 Å². The highest BCUT2D eigenvalue weighted by Crippen LogP contribution is 2.26. The Morgan fingerprint density at radius 1 is 1.20 bits per heavy atom. The van der Waals surface area contributed by atoms with Crippen LogP contribution in [0.3, 0.4) is 0 Å². The Morgan fingerprint density at radius 2 is 1.92 bits per heavy atom. The number of carbonyl (C=O) groups is 1. The minimum Gasteiger partial charge on any atom is -0.379 e. The summed E-state index contributed by atoms with van der Waals surface area (Å²) in [6.07, 6.45) is 0. The third-order valence-electron chi connectivity index (χ3n) is 4.19. The number of Topliss-reactive ketones (excluding diaryl/α,β-unsaturated/α-hetero) is 1. The van der Waals surface area contributed by atoms with Crippen molar-refractivity contribution in [2.45, 2.75) is 18.9 Å². The molecule has 5 nitrogen and oxygen atoms in total. The Hall–Kier alpha value is -1.76. The van der Waals surface area contributed by atoms with Gasteiger partial charge in [-0.05, 0) is 13.8 Å². The molecule has 1 saturated heterocycles. The number of aryl methyl sites for hydroxylation is 1. The van der Waals surface area contributed by atoms with Crippen LogP contribution < -0.4 is 0 Å². The number of nitrogens with zero attached hydrogens (tertiary/aromatic N) is 3. The summed E-state index contributed by atoms with van der Waals surface area (Å²) in [6.45, 7) is 7.98. The van der Waals surface area contributed by atoms with Crippen molar-refractivity contribution in [2.24, 2.45) is 0 Å². The van der Waals surface area contributed by atoms with E-state index >= 15 is 0 Å². The van der Waals surface area contributed by atoms with Crippen molar-refractivity contribution in [3.8, 4) is 11.4 Å². The largest absolute Gasteiger partial charge is 0.379 e. The number of rotatable bonds is 6. The minimum absolute atomic E-state index is 0.0194. The second kappa shape index (κ2) is 8.56. The second-order valence-corrected chi connectivity index (χ2v) is 7.12. The molecule has 1 fully saturated rings. The normalized spacial score (nSPS) is 15.3. The van der Waals surface area contributed by atoms with E-state index in [-0.39, 0.29) is 5.78 Å². The Bertz CT molecular complexity index is 731. The van der Waals surface area contributed by atoms with Crippen LogP contribution in [-0.4, -0.2) is 59.3 Å². The molecule has 0 unspecified atom stereocenters. The predicted molar refractivity (Wildman–Crippen MR) is 100 cm³/mol. The van der Waals surface area contributed by atoms with Gasteiger partial charge in [-0.1, -0.05) is 30.3 Å². The van der Waals surface area contributed by atoms with Gasteiger partial charge in [0.1, 0.15) is 5.03 Å². The van der Waals surface area contributed by atoms with Gasteiger partial charge in [0.25, 0.3) is 0 Å². The Labute approximate surface area is 152 Å². The lowest BCUT2D eigenvalue weighted by atomic mass is 10.1. The van der Waals surface area contributed by atoms with Crippen molar-refractivity contribution in [3.05, 3.63) is 41.6 Å². The van der Waals surface area contributed by atoms with Gasteiger partial charge < -0.3 is 4.74 Å². The summed E-state index contributed by atoms with van der Waals surface area (Å²) in [6, 6.07) is 9.89. The number of ketones is 1. The van der Waals surface area contributed by atoms with Crippen molar-refractivity contribution in [1.82, 2.24) is 14.9 Å². The smallest absolute Gasteiger partial charge is 0.164 e. The van der Waals surface area contributed by atoms with Crippen LogP contribution in [-0.2, 0) is 4.74 Å². The van der Waals surface area contributed by atoms with Gasteiger partial charge in [0.15, 0.2) is 11.6 Å². The molecule has 1 aromatic heterocycles. The number of hydrogen-bond acceptors (Lipinski definition) is 6. The third kappa shape index (κ3) is 4.66. The van der Waals surface area contributed by atoms with Gasteiger partial charge in [0.2, 0.25) is 0 Å². The first-order chi connectivity index (χ1) is 12.1. The van der Waals surface area contributed by atoms with Crippen molar-refractivity contribution < 1.29 is 9.53 Å². The van der Waals surface area contributed by atoms with Crippen LogP contribution in [0, 0.1) is 6.92 Å². The van der Waals surface area contributed by atoms with E-state index in [1.54, 1.807) is 18.7 Å². The van der Waals surface area contributed by atoms with E-state index in [1.165, 1.54) is 0 Å². The lowest BCUT2D eigenvalue weighted by Crippen LogP contribution is -2.37. The van der Waals surface area contributed by atoms with Crippen molar-refractivity contribution in [1.29, 1.82) is 0 Å². The standard InChI is InChI=1S/C19H23N3O2S/c1-14-17(15(2)23)19(25-13-10-22-8-11-24-12-9-22)21-18(20-14)16-6-4-3-5-7-16/h3-7H,8-13H2,1-2H3. The summed E-state index contributed by atoms with van der Waals surface area (Å²) >= 11 is 1.64. The number of aromatic nitrogens is 2. The van der Waals surface area contributed by atoms with Crippen LogP contribution in [0.1, 0.15) is 23.0 Å². The average molecular weight is 357 g/mol. The molecule has 1 aliphatic rings. The highest BCUT2D eigenvalue weighted by Gasteiger charge is 2.17. The van der Waals surface area contributed by atoms with E-state index in [1.807, 2.05) is 37.3 Å². The van der Waals surface area contributed by atoms with Crippen LogP contribution in [0.4, 0.5) is 0 Å². The molecule has 2 heterocycles. The number of carbonyl (C=O) groups excluding carboxylic acids is 1. The fraction of sp³-hybridized carbons (Fsp3) is 0.421. The Morgan fingerprint density at radius 3 is 2.60 bits per heavy atom. The molecule has 0 bridgehead atoms. The van der Waals surface area contributed by atoms with E-state index < -0.39 is 0 Å². The molecular formula is C19H23N3O2S. The van der Waals surface area contributed by atoms with Crippen molar-refractivity contribution >= 4 is 17.5 Å². The molecule has 1 aliphatic heterocycles. The molecule has 132 valence electrons. The van der Waals surface area contributed by atoms with Crippen molar-refractivity contribution in [3.63, 3.8) is 0 Å². The lowest BCUT2D eigenvalue weighted by molar-refractivity contribution is 0.0410. The minimum atomic E-state index is 0.0194. The summed E-state index contributed by atoms with van der Waals surface area (Å²) < 4.78 is 5.38. The Kier molecular flexibility index (Phi) is 6.18. The first kappa shape index (κ1) is 18.0. The van der Waals surface area contributed by atoms with Crippen molar-refractivity contribution in [2.75, 3.05) is 38.6 Å². The maximum Gasteiger partial charge on any atom is 0.164 e. The number of benzene rings is 1. The Balaban J connectivity index is 1.79. The maximum atomic E-state index is 12.1. The summed E-state index contributed by atoms with van der Waals surface area (Å²) in [7, 11) is 0. The number of ether oxygens (including phenoxy) is 1. The first-order valence-corrected chi connectivity index (χ1v) is 9.51. The van der Waals surface area contributed by atoms with Crippen LogP contribution in [0.5, 0.6) is 0 Å². The fourth-order valence-corrected chi connectivity index (χ4v) is 4.00. The molecule has 3 rings (SSSR count). The number of hydrogen-bond donors (Lipinski definition) is 0. The highest BCUT2D eigenvalue weighted by molar-refractivity contribution is 7.99. The highest BCUT2D eigenvalue weighted by atomic mass is 32.2. The number of morpholine rings is 1. The van der Waals surface area contributed by atoms with Gasteiger partial charge in [-0.25, -0.2) is 9.97 Å². The van der Waals surface area contributed by atoms with Gasteiger partial charge in [0.05, 0.1) is 24.5 Å². The van der Waals surface area contributed by atoms with Gasteiger partial charge >= 0.3 is 0 Å². The van der Waals surface area contributed by atoms with Gasteiger partial charge in [0, 0.05) is 31.0 Å². The maximum absolute atomic E-state index is 12.1. The molecule has 6 heteroatoms. The third-order valence-corrected chi connectivity index (χ3v) is 5.15. The van der Waals surface area contributed by atoms with E-state index in [4.69, 9.17) is 9.72 Å². The SMILES string of the molecule is CC(=O)c1c(C)nc(-c2ccccc2)nc1SCCN1CCOCC1. The number of thioether (sulfide) groups is 1. The molecule has 0 amide bonds. The molecule has 0 aliphatic carbocycles. The quantitative estimate of drug-likeness (QED) is 0.450. The summed E-state index contributed by atoms with van der Waals surface area (Å²) in [5, 5.41) is 0.784. The molecule has 25 heavy (non-hydrogen) atoms. The van der Waals surface area contributed by atoms with E-state index in [0.29, 0.717) is 11.4 Å². The topological polar surface area (TPSA) is 55.3 Å². The van der Waals surface area contributed by atoms with E-state index in [9.17, 15) is 4.79 Å².